The number of nitrogens with one attached hydrogen (secondary N) is 1. The van der Waals surface area contributed by atoms with Crippen LogP contribution in [0.4, 0.5) is 5.95 Å². The van der Waals surface area contributed by atoms with Crippen LogP contribution in [0.15, 0.2) is 6.20 Å². The quantitative estimate of drug-likeness (QED) is 0.732. The fraction of sp³-hybridized carbons (Fsp3) is 0.600. The summed E-state index contributed by atoms with van der Waals surface area (Å²) in [5, 5.41) is 3.90. The first-order valence-corrected chi connectivity index (χ1v) is 5.60. The fourth-order valence-corrected chi connectivity index (χ4v) is 1.74. The average molecular weight is 227 g/mol. The zero-order valence-electron chi connectivity index (χ0n) is 8.83. The minimum atomic E-state index is 0.553. The van der Waals surface area contributed by atoms with Crippen molar-refractivity contribution in [2.45, 2.75) is 13.3 Å². The Morgan fingerprint density at radius 3 is 3.07 bits per heavy atom. The maximum Gasteiger partial charge on any atom is 0.226 e. The second kappa shape index (κ2) is 4.77. The van der Waals surface area contributed by atoms with Crippen molar-refractivity contribution in [3.8, 4) is 0 Å². The van der Waals surface area contributed by atoms with Gasteiger partial charge in [-0.15, -0.1) is 0 Å². The highest BCUT2D eigenvalue weighted by Crippen LogP contribution is 2.15. The van der Waals surface area contributed by atoms with E-state index in [1.54, 1.807) is 6.20 Å². The minimum Gasteiger partial charge on any atom is -0.339 e. The smallest absolute Gasteiger partial charge is 0.226 e. The van der Waals surface area contributed by atoms with Crippen molar-refractivity contribution in [3.63, 3.8) is 0 Å². The molecular formula is C10H15ClN4. The number of aromatic nitrogens is 2. The third-order valence-corrected chi connectivity index (χ3v) is 2.90. The molecule has 15 heavy (non-hydrogen) atoms. The van der Waals surface area contributed by atoms with Crippen molar-refractivity contribution in [1.82, 2.24) is 15.3 Å². The van der Waals surface area contributed by atoms with Crippen LogP contribution in [0.25, 0.3) is 0 Å². The predicted molar refractivity (Wildman–Crippen MR) is 61.5 cm³/mol. The Hall–Kier alpha value is -0.870. The summed E-state index contributed by atoms with van der Waals surface area (Å²) in [6.45, 7) is 5.90. The Kier molecular flexibility index (Phi) is 3.38. The molecule has 1 aliphatic rings. The van der Waals surface area contributed by atoms with E-state index in [-0.39, 0.29) is 0 Å². The molecule has 1 fully saturated rings. The summed E-state index contributed by atoms with van der Waals surface area (Å²) < 4.78 is 0. The summed E-state index contributed by atoms with van der Waals surface area (Å²) in [7, 11) is 0. The Bertz CT molecular complexity index is 334. The highest BCUT2D eigenvalue weighted by molar-refractivity contribution is 6.30. The van der Waals surface area contributed by atoms with Crippen LogP contribution in [-0.4, -0.2) is 36.1 Å². The van der Waals surface area contributed by atoms with Gasteiger partial charge in [-0.3, -0.25) is 0 Å². The summed E-state index contributed by atoms with van der Waals surface area (Å²) >= 11 is 5.98. The van der Waals surface area contributed by atoms with Crippen molar-refractivity contribution in [2.24, 2.45) is 0 Å². The second-order valence-corrected chi connectivity index (χ2v) is 4.09. The summed E-state index contributed by atoms with van der Waals surface area (Å²) in [5.74, 6) is 0.745. The molecule has 2 rings (SSSR count). The van der Waals surface area contributed by atoms with Crippen LogP contribution in [0.2, 0.25) is 5.15 Å². The maximum atomic E-state index is 5.98. The molecule has 0 saturated carbocycles. The molecule has 0 unspecified atom stereocenters. The van der Waals surface area contributed by atoms with Gasteiger partial charge < -0.3 is 10.2 Å². The van der Waals surface area contributed by atoms with E-state index in [4.69, 9.17) is 11.6 Å². The van der Waals surface area contributed by atoms with Gasteiger partial charge in [-0.1, -0.05) is 11.6 Å². The molecule has 1 N–H and O–H groups in total. The number of anilines is 1. The van der Waals surface area contributed by atoms with Gasteiger partial charge in [0.2, 0.25) is 5.95 Å². The standard InChI is InChI=1S/C10H15ClN4/c1-8-7-13-10(14-9(8)11)15-5-2-3-12-4-6-15/h7,12H,2-6H2,1H3. The number of nitrogens with zero attached hydrogens (tertiary/aromatic N) is 3. The Morgan fingerprint density at radius 2 is 2.27 bits per heavy atom. The number of hydrogen-bond donors (Lipinski definition) is 1. The fourth-order valence-electron chi connectivity index (χ4n) is 1.61. The molecule has 1 aromatic rings. The molecule has 0 bridgehead atoms. The van der Waals surface area contributed by atoms with Gasteiger partial charge in [0.1, 0.15) is 5.15 Å². The van der Waals surface area contributed by atoms with E-state index in [1.165, 1.54) is 0 Å². The summed E-state index contributed by atoms with van der Waals surface area (Å²) in [6, 6.07) is 0. The number of aryl methyl sites for hydroxylation is 1. The summed E-state index contributed by atoms with van der Waals surface area (Å²) in [4.78, 5) is 10.8. The van der Waals surface area contributed by atoms with Gasteiger partial charge in [0, 0.05) is 31.4 Å². The Labute approximate surface area is 94.7 Å². The van der Waals surface area contributed by atoms with Gasteiger partial charge in [0.15, 0.2) is 0 Å². The lowest BCUT2D eigenvalue weighted by molar-refractivity contribution is 0.724. The van der Waals surface area contributed by atoms with Crippen LogP contribution < -0.4 is 10.2 Å². The van der Waals surface area contributed by atoms with Gasteiger partial charge in [0.25, 0.3) is 0 Å². The molecule has 5 heteroatoms. The SMILES string of the molecule is Cc1cnc(N2CCCNCC2)nc1Cl. The highest BCUT2D eigenvalue weighted by atomic mass is 35.5. The molecule has 1 saturated heterocycles. The molecule has 0 spiro atoms. The molecule has 1 aromatic heterocycles. The molecule has 0 aliphatic carbocycles. The van der Waals surface area contributed by atoms with Crippen LogP contribution in [0.5, 0.6) is 0 Å². The highest BCUT2D eigenvalue weighted by Gasteiger charge is 2.12. The molecule has 0 atom stereocenters. The van der Waals surface area contributed by atoms with Crippen molar-refractivity contribution in [1.29, 1.82) is 0 Å². The lowest BCUT2D eigenvalue weighted by Gasteiger charge is -2.19. The number of hydrogen-bond acceptors (Lipinski definition) is 4. The maximum absolute atomic E-state index is 5.98. The van der Waals surface area contributed by atoms with E-state index < -0.39 is 0 Å². The van der Waals surface area contributed by atoms with Crippen molar-refractivity contribution in [2.75, 3.05) is 31.1 Å². The second-order valence-electron chi connectivity index (χ2n) is 3.73. The molecule has 82 valence electrons. The largest absolute Gasteiger partial charge is 0.339 e. The van der Waals surface area contributed by atoms with E-state index in [2.05, 4.69) is 20.2 Å². The van der Waals surface area contributed by atoms with Crippen LogP contribution in [0.3, 0.4) is 0 Å². The first-order valence-electron chi connectivity index (χ1n) is 5.22. The Balaban J connectivity index is 2.16. The van der Waals surface area contributed by atoms with Crippen molar-refractivity contribution >= 4 is 17.5 Å². The molecule has 2 heterocycles. The third-order valence-electron chi connectivity index (χ3n) is 2.52. The molecule has 0 amide bonds. The lowest BCUT2D eigenvalue weighted by Crippen LogP contribution is -2.29. The van der Waals surface area contributed by atoms with Gasteiger partial charge in [0.05, 0.1) is 0 Å². The van der Waals surface area contributed by atoms with Crippen molar-refractivity contribution < 1.29 is 0 Å². The average Bonchev–Trinajstić information content (AvgIpc) is 2.50. The van der Waals surface area contributed by atoms with Crippen molar-refractivity contribution in [3.05, 3.63) is 16.9 Å². The first-order chi connectivity index (χ1) is 7.27. The third kappa shape index (κ3) is 2.58. The Morgan fingerprint density at radius 1 is 1.40 bits per heavy atom. The summed E-state index contributed by atoms with van der Waals surface area (Å²) in [6.07, 6.45) is 2.90. The number of rotatable bonds is 1. The monoisotopic (exact) mass is 226 g/mol. The molecular weight excluding hydrogens is 212 g/mol. The van der Waals surface area contributed by atoms with Crippen LogP contribution >= 0.6 is 11.6 Å². The van der Waals surface area contributed by atoms with E-state index in [0.29, 0.717) is 5.15 Å². The normalized spacial score (nSPS) is 17.6. The van der Waals surface area contributed by atoms with E-state index in [9.17, 15) is 0 Å². The van der Waals surface area contributed by atoms with Gasteiger partial charge >= 0.3 is 0 Å². The molecule has 0 aromatic carbocycles. The molecule has 4 nitrogen and oxygen atoms in total. The number of halogens is 1. The van der Waals surface area contributed by atoms with Gasteiger partial charge in [-0.25, -0.2) is 9.97 Å². The first kappa shape index (κ1) is 10.6. The van der Waals surface area contributed by atoms with Gasteiger partial charge in [-0.2, -0.15) is 0 Å². The van der Waals surface area contributed by atoms with E-state index in [0.717, 1.165) is 44.1 Å². The van der Waals surface area contributed by atoms with Crippen LogP contribution in [-0.2, 0) is 0 Å². The lowest BCUT2D eigenvalue weighted by atomic mass is 10.4. The summed E-state index contributed by atoms with van der Waals surface area (Å²) in [5.41, 5.74) is 0.924. The van der Waals surface area contributed by atoms with E-state index in [1.807, 2.05) is 6.92 Å². The van der Waals surface area contributed by atoms with Gasteiger partial charge in [-0.05, 0) is 19.9 Å². The zero-order valence-corrected chi connectivity index (χ0v) is 9.59. The van der Waals surface area contributed by atoms with E-state index >= 15 is 0 Å². The molecule has 0 radical (unpaired) electrons. The van der Waals surface area contributed by atoms with Crippen LogP contribution in [0.1, 0.15) is 12.0 Å². The molecule has 1 aliphatic heterocycles. The zero-order chi connectivity index (χ0) is 10.7. The van der Waals surface area contributed by atoms with Crippen LogP contribution in [0, 0.1) is 6.92 Å². The predicted octanol–water partition coefficient (Wildman–Crippen LogP) is 1.24. The topological polar surface area (TPSA) is 41.1 Å². The minimum absolute atomic E-state index is 0.553.